The van der Waals surface area contributed by atoms with Gasteiger partial charge in [-0.15, -0.1) is 0 Å². The highest BCUT2D eigenvalue weighted by Gasteiger charge is 2.25. The minimum absolute atomic E-state index is 0.286. The number of hydrogen-bond acceptors (Lipinski definition) is 5. The van der Waals surface area contributed by atoms with Gasteiger partial charge in [0.25, 0.3) is 0 Å². The average molecular weight is 407 g/mol. The fraction of sp³-hybridized carbons (Fsp3) is 0.200. The number of esters is 1. The Morgan fingerprint density at radius 2 is 1.85 bits per heavy atom. The largest absolute Gasteiger partial charge is 0.497 e. The molecule has 7 heteroatoms. The second-order valence-corrected chi connectivity index (χ2v) is 6.73. The predicted octanol–water partition coefficient (Wildman–Crippen LogP) is 4.61. The van der Waals surface area contributed by atoms with Crippen molar-refractivity contribution in [2.45, 2.75) is 12.3 Å². The summed E-state index contributed by atoms with van der Waals surface area (Å²) in [4.78, 5) is 24.6. The molecule has 1 aromatic heterocycles. The van der Waals surface area contributed by atoms with Gasteiger partial charge in [0.15, 0.2) is 0 Å². The smallest absolute Gasteiger partial charge is 0.336 e. The highest BCUT2D eigenvalue weighted by Crippen LogP contribution is 2.32. The van der Waals surface area contributed by atoms with Crippen LogP contribution in [0.3, 0.4) is 0 Å². The molecule has 0 aliphatic carbocycles. The van der Waals surface area contributed by atoms with E-state index in [1.54, 1.807) is 36.4 Å². The van der Waals surface area contributed by atoms with E-state index >= 15 is 0 Å². The van der Waals surface area contributed by atoms with Crippen LogP contribution in [0, 0.1) is 0 Å². The fourth-order valence-electron chi connectivity index (χ4n) is 2.95. The molecule has 0 saturated carbocycles. The Bertz CT molecular complexity index is 1060. The minimum Gasteiger partial charge on any atom is -0.497 e. The summed E-state index contributed by atoms with van der Waals surface area (Å²) in [5, 5.41) is 1.44. The number of benzene rings is 2. The van der Waals surface area contributed by atoms with Gasteiger partial charge in [0.1, 0.15) is 11.3 Å². The maximum absolute atomic E-state index is 12.5. The van der Waals surface area contributed by atoms with Gasteiger partial charge < -0.3 is 13.9 Å². The monoisotopic (exact) mass is 406 g/mol. The maximum atomic E-state index is 12.5. The second kappa shape index (κ2) is 8.03. The summed E-state index contributed by atoms with van der Waals surface area (Å²) in [6.45, 7) is 0. The minimum atomic E-state index is -0.716. The van der Waals surface area contributed by atoms with E-state index < -0.39 is 17.5 Å². The van der Waals surface area contributed by atoms with E-state index in [-0.39, 0.29) is 6.42 Å². The third-order valence-corrected chi connectivity index (χ3v) is 5.01. The summed E-state index contributed by atoms with van der Waals surface area (Å²) in [6.07, 6.45) is 0.286. The summed E-state index contributed by atoms with van der Waals surface area (Å²) in [5.74, 6) is -0.641. The first-order valence-electron chi connectivity index (χ1n) is 8.06. The fourth-order valence-corrected chi connectivity index (χ4v) is 3.27. The second-order valence-electron chi connectivity index (χ2n) is 5.91. The molecule has 5 nitrogen and oxygen atoms in total. The number of halogens is 2. The number of fused-ring (bicyclic) bond motifs is 1. The maximum Gasteiger partial charge on any atom is 0.336 e. The third-order valence-electron chi connectivity index (χ3n) is 4.27. The Morgan fingerprint density at radius 1 is 1.07 bits per heavy atom. The summed E-state index contributed by atoms with van der Waals surface area (Å²) < 4.78 is 15.4. The van der Waals surface area contributed by atoms with Gasteiger partial charge in [0.05, 0.1) is 30.2 Å². The lowest BCUT2D eigenvalue weighted by molar-refractivity contribution is -0.142. The highest BCUT2D eigenvalue weighted by atomic mass is 35.5. The number of ether oxygens (including phenoxy) is 2. The van der Waals surface area contributed by atoms with E-state index in [2.05, 4.69) is 0 Å². The lowest BCUT2D eigenvalue weighted by Crippen LogP contribution is -2.19. The predicted molar refractivity (Wildman–Crippen MR) is 104 cm³/mol. The molecule has 1 atom stereocenters. The van der Waals surface area contributed by atoms with Crippen LogP contribution in [-0.4, -0.2) is 20.2 Å². The number of rotatable bonds is 5. The summed E-state index contributed by atoms with van der Waals surface area (Å²) in [6, 6.07) is 11.5. The zero-order valence-electron chi connectivity index (χ0n) is 14.6. The van der Waals surface area contributed by atoms with Crippen LogP contribution in [0.1, 0.15) is 17.0 Å². The summed E-state index contributed by atoms with van der Waals surface area (Å²) in [5.41, 5.74) is 1.07. The molecular weight excluding hydrogens is 391 g/mol. The molecule has 3 rings (SSSR count). The molecule has 0 aliphatic rings. The molecule has 140 valence electrons. The molecule has 3 aromatic rings. The first-order chi connectivity index (χ1) is 12.9. The lowest BCUT2D eigenvalue weighted by Gasteiger charge is -2.17. The van der Waals surface area contributed by atoms with Gasteiger partial charge in [-0.05, 0) is 41.8 Å². The normalized spacial score (nSPS) is 12.0. The molecule has 27 heavy (non-hydrogen) atoms. The first-order valence-corrected chi connectivity index (χ1v) is 8.82. The van der Waals surface area contributed by atoms with Crippen LogP contribution in [0.5, 0.6) is 5.75 Å². The zero-order chi connectivity index (χ0) is 19.6. The van der Waals surface area contributed by atoms with Crippen LogP contribution < -0.4 is 10.4 Å². The topological polar surface area (TPSA) is 65.7 Å². The first kappa shape index (κ1) is 19.3. The number of carbonyl (C=O) groups excluding carboxylic acids is 1. The average Bonchev–Trinajstić information content (AvgIpc) is 2.67. The van der Waals surface area contributed by atoms with Crippen molar-refractivity contribution in [3.8, 4) is 5.75 Å². The number of carbonyl (C=O) groups is 1. The molecular formula is C20H16Cl2O5. The molecule has 0 N–H and O–H groups in total. The molecule has 0 spiro atoms. The Kier molecular flexibility index (Phi) is 5.73. The highest BCUT2D eigenvalue weighted by molar-refractivity contribution is 6.42. The number of methoxy groups -OCH3 is 2. The van der Waals surface area contributed by atoms with E-state index in [0.717, 1.165) is 5.56 Å². The molecule has 2 aromatic carbocycles. The van der Waals surface area contributed by atoms with Crippen LogP contribution >= 0.6 is 23.2 Å². The van der Waals surface area contributed by atoms with Crippen LogP contribution in [0.4, 0.5) is 0 Å². The van der Waals surface area contributed by atoms with Gasteiger partial charge in [0.2, 0.25) is 0 Å². The third kappa shape index (κ3) is 4.10. The summed E-state index contributed by atoms with van der Waals surface area (Å²) >= 11 is 12.0. The Balaban J connectivity index is 2.13. The van der Waals surface area contributed by atoms with Gasteiger partial charge in [-0.1, -0.05) is 29.3 Å². The van der Waals surface area contributed by atoms with Gasteiger partial charge >= 0.3 is 11.6 Å². The van der Waals surface area contributed by atoms with Crippen LogP contribution in [0.25, 0.3) is 11.0 Å². The van der Waals surface area contributed by atoms with Gasteiger partial charge in [-0.25, -0.2) is 4.79 Å². The van der Waals surface area contributed by atoms with E-state index in [9.17, 15) is 9.59 Å². The lowest BCUT2D eigenvalue weighted by atomic mass is 9.90. The quantitative estimate of drug-likeness (QED) is 0.457. The molecule has 0 bridgehead atoms. The standard InChI is InChI=1S/C20H16Cl2O5/c1-25-12-4-5-13-14(10-19(23)27-18(13)9-12)15(20(24)26-2)7-11-3-6-16(21)17(22)8-11/h3-6,8-10,15H,7H2,1-2H3/t15-/m1/s1. The van der Waals surface area contributed by atoms with E-state index in [0.29, 0.717) is 32.3 Å². The van der Waals surface area contributed by atoms with Crippen molar-refractivity contribution in [3.63, 3.8) is 0 Å². The molecule has 0 saturated heterocycles. The number of hydrogen-bond donors (Lipinski definition) is 0. The Hall–Kier alpha value is -2.50. The Labute approximate surface area is 165 Å². The van der Waals surface area contributed by atoms with Crippen molar-refractivity contribution in [2.24, 2.45) is 0 Å². The van der Waals surface area contributed by atoms with Crippen LogP contribution in [0.2, 0.25) is 10.0 Å². The molecule has 0 aliphatic heterocycles. The molecule has 0 fully saturated rings. The van der Waals surface area contributed by atoms with Crippen molar-refractivity contribution in [2.75, 3.05) is 14.2 Å². The van der Waals surface area contributed by atoms with Gasteiger partial charge in [-0.3, -0.25) is 4.79 Å². The van der Waals surface area contributed by atoms with Crippen LogP contribution in [0.15, 0.2) is 51.7 Å². The summed E-state index contributed by atoms with van der Waals surface area (Å²) in [7, 11) is 2.82. The molecule has 0 radical (unpaired) electrons. The van der Waals surface area contributed by atoms with Gasteiger partial charge in [0, 0.05) is 17.5 Å². The van der Waals surface area contributed by atoms with Crippen molar-refractivity contribution in [1.29, 1.82) is 0 Å². The van der Waals surface area contributed by atoms with Gasteiger partial charge in [-0.2, -0.15) is 0 Å². The zero-order valence-corrected chi connectivity index (χ0v) is 16.1. The SMILES string of the molecule is COC(=O)[C@H](Cc1ccc(Cl)c(Cl)c1)c1cc(=O)oc2cc(OC)ccc12. The van der Waals surface area contributed by atoms with Crippen molar-refractivity contribution >= 4 is 40.1 Å². The Morgan fingerprint density at radius 3 is 2.52 bits per heavy atom. The van der Waals surface area contributed by atoms with Crippen molar-refractivity contribution in [1.82, 2.24) is 0 Å². The van der Waals surface area contributed by atoms with Crippen molar-refractivity contribution in [3.05, 3.63) is 74.1 Å². The molecule has 1 heterocycles. The van der Waals surface area contributed by atoms with E-state index in [1.165, 1.54) is 20.3 Å². The van der Waals surface area contributed by atoms with E-state index in [4.69, 9.17) is 37.1 Å². The molecule has 0 unspecified atom stereocenters. The molecule has 0 amide bonds. The van der Waals surface area contributed by atoms with E-state index in [1.807, 2.05) is 0 Å². The van der Waals surface area contributed by atoms with Crippen LogP contribution in [-0.2, 0) is 16.0 Å². The van der Waals surface area contributed by atoms with Crippen molar-refractivity contribution < 1.29 is 18.7 Å².